The third kappa shape index (κ3) is 3.77. The van der Waals surface area contributed by atoms with Gasteiger partial charge in [0.1, 0.15) is 6.04 Å². The fraction of sp³-hybridized carbons (Fsp3) is 0.333. The monoisotopic (exact) mass is 414 g/mol. The second-order valence-corrected chi connectivity index (χ2v) is 8.42. The highest BCUT2D eigenvalue weighted by molar-refractivity contribution is 5.83. The van der Waals surface area contributed by atoms with Gasteiger partial charge in [-0.25, -0.2) is 4.68 Å². The Morgan fingerprint density at radius 2 is 1.84 bits per heavy atom. The third-order valence-corrected chi connectivity index (χ3v) is 6.12. The molecule has 0 saturated carbocycles. The van der Waals surface area contributed by atoms with Gasteiger partial charge in [0, 0.05) is 16.5 Å². The first-order chi connectivity index (χ1) is 15.1. The second-order valence-electron chi connectivity index (χ2n) is 8.42. The minimum atomic E-state index is -0.282. The molecule has 0 unspecified atom stereocenters. The molecule has 1 fully saturated rings. The quantitative estimate of drug-likeness (QED) is 0.542. The summed E-state index contributed by atoms with van der Waals surface area (Å²) in [6, 6.07) is 16.1. The molecule has 7 heteroatoms. The van der Waals surface area contributed by atoms with E-state index in [0.717, 1.165) is 53.5 Å². The standard InChI is InChI=1S/C24H26N6O/c1-16-12-17(2)19-14-20(24(31)25-21(19)13-16)22(29-10-6-7-11-29)23-26-27-28-30(23)15-18-8-4-3-5-9-18/h3-5,8-9,12-14,22H,6-7,10-11,15H2,1-2H3,(H,25,31)/t22-/m0/s1. The van der Waals surface area contributed by atoms with Crippen molar-refractivity contribution >= 4 is 10.9 Å². The van der Waals surface area contributed by atoms with Gasteiger partial charge in [-0.3, -0.25) is 9.69 Å². The second kappa shape index (κ2) is 8.07. The van der Waals surface area contributed by atoms with Gasteiger partial charge in [0.2, 0.25) is 0 Å². The minimum absolute atomic E-state index is 0.0799. The molecule has 0 bridgehead atoms. The zero-order chi connectivity index (χ0) is 21.4. The molecule has 0 spiro atoms. The maximum absolute atomic E-state index is 13.3. The highest BCUT2D eigenvalue weighted by atomic mass is 16.1. The summed E-state index contributed by atoms with van der Waals surface area (Å²) in [7, 11) is 0. The van der Waals surface area contributed by atoms with Crippen molar-refractivity contribution in [3.8, 4) is 0 Å². The van der Waals surface area contributed by atoms with E-state index in [9.17, 15) is 4.79 Å². The molecule has 5 rings (SSSR count). The van der Waals surface area contributed by atoms with Crippen LogP contribution in [0.3, 0.4) is 0 Å². The minimum Gasteiger partial charge on any atom is -0.322 e. The van der Waals surface area contributed by atoms with Crippen molar-refractivity contribution in [3.05, 3.63) is 87.0 Å². The molecular formula is C24H26N6O. The Balaban J connectivity index is 1.64. The SMILES string of the molecule is Cc1cc(C)c2cc([C@@H](c3nnnn3Cc3ccccc3)N3CCCC3)c(=O)[nH]c2c1. The Morgan fingerprint density at radius 3 is 2.61 bits per heavy atom. The van der Waals surface area contributed by atoms with Gasteiger partial charge < -0.3 is 4.98 Å². The van der Waals surface area contributed by atoms with E-state index in [2.05, 4.69) is 50.5 Å². The molecule has 4 aromatic rings. The van der Waals surface area contributed by atoms with E-state index in [1.807, 2.05) is 41.9 Å². The van der Waals surface area contributed by atoms with Gasteiger partial charge >= 0.3 is 0 Å². The number of aryl methyl sites for hydroxylation is 2. The summed E-state index contributed by atoms with van der Waals surface area (Å²) >= 11 is 0. The number of nitrogens with one attached hydrogen (secondary N) is 1. The highest BCUT2D eigenvalue weighted by Crippen LogP contribution is 2.30. The molecule has 1 aliphatic heterocycles. The smallest absolute Gasteiger partial charge is 0.253 e. The summed E-state index contributed by atoms with van der Waals surface area (Å²) < 4.78 is 1.82. The first kappa shape index (κ1) is 19.6. The fourth-order valence-corrected chi connectivity index (χ4v) is 4.67. The molecule has 31 heavy (non-hydrogen) atoms. The number of hydrogen-bond donors (Lipinski definition) is 1. The van der Waals surface area contributed by atoms with E-state index in [-0.39, 0.29) is 11.6 Å². The van der Waals surface area contributed by atoms with Crippen molar-refractivity contribution in [2.45, 2.75) is 39.3 Å². The highest BCUT2D eigenvalue weighted by Gasteiger charge is 2.32. The third-order valence-electron chi connectivity index (χ3n) is 6.12. The first-order valence-corrected chi connectivity index (χ1v) is 10.8. The normalized spacial score (nSPS) is 15.5. The Kier molecular flexibility index (Phi) is 5.11. The molecule has 0 amide bonds. The number of rotatable bonds is 5. The molecule has 1 saturated heterocycles. The van der Waals surface area contributed by atoms with Crippen molar-refractivity contribution in [1.82, 2.24) is 30.1 Å². The molecule has 0 aliphatic carbocycles. The number of nitrogens with zero attached hydrogens (tertiary/aromatic N) is 5. The lowest BCUT2D eigenvalue weighted by Crippen LogP contribution is -2.33. The average Bonchev–Trinajstić information content (AvgIpc) is 3.43. The van der Waals surface area contributed by atoms with Crippen LogP contribution in [0.2, 0.25) is 0 Å². The van der Waals surface area contributed by atoms with Crippen LogP contribution in [0.4, 0.5) is 0 Å². The van der Waals surface area contributed by atoms with Crippen molar-refractivity contribution in [2.24, 2.45) is 0 Å². The van der Waals surface area contributed by atoms with E-state index in [1.165, 1.54) is 0 Å². The number of pyridine rings is 1. The predicted octanol–water partition coefficient (Wildman–Crippen LogP) is 3.36. The summed E-state index contributed by atoms with van der Waals surface area (Å²) in [5.41, 5.74) is 4.90. The van der Waals surface area contributed by atoms with Gasteiger partial charge in [0.15, 0.2) is 5.82 Å². The van der Waals surface area contributed by atoms with Gasteiger partial charge in [0.05, 0.1) is 6.54 Å². The van der Waals surface area contributed by atoms with Crippen molar-refractivity contribution in [1.29, 1.82) is 0 Å². The Hall–Kier alpha value is -3.32. The van der Waals surface area contributed by atoms with Gasteiger partial charge in [-0.15, -0.1) is 5.10 Å². The number of aromatic nitrogens is 5. The molecule has 1 atom stereocenters. The maximum Gasteiger partial charge on any atom is 0.253 e. The van der Waals surface area contributed by atoms with E-state index < -0.39 is 0 Å². The number of fused-ring (bicyclic) bond motifs is 1. The predicted molar refractivity (Wildman–Crippen MR) is 120 cm³/mol. The largest absolute Gasteiger partial charge is 0.322 e. The molecule has 1 aliphatic rings. The van der Waals surface area contributed by atoms with Crippen molar-refractivity contribution in [3.63, 3.8) is 0 Å². The van der Waals surface area contributed by atoms with E-state index >= 15 is 0 Å². The number of benzene rings is 2. The molecule has 2 aromatic heterocycles. The van der Waals surface area contributed by atoms with Crippen molar-refractivity contribution < 1.29 is 0 Å². The van der Waals surface area contributed by atoms with Crippen LogP contribution in [0.5, 0.6) is 0 Å². The van der Waals surface area contributed by atoms with Crippen LogP contribution in [-0.4, -0.2) is 43.2 Å². The van der Waals surface area contributed by atoms with Gasteiger partial charge in [-0.05, 0) is 79.0 Å². The van der Waals surface area contributed by atoms with E-state index in [1.54, 1.807) is 0 Å². The van der Waals surface area contributed by atoms with Gasteiger partial charge in [-0.1, -0.05) is 36.4 Å². The van der Waals surface area contributed by atoms with E-state index in [4.69, 9.17) is 0 Å². The van der Waals surface area contributed by atoms with Crippen LogP contribution in [-0.2, 0) is 6.54 Å². The lowest BCUT2D eigenvalue weighted by atomic mass is 10.00. The molecular weight excluding hydrogens is 388 g/mol. The molecule has 158 valence electrons. The van der Waals surface area contributed by atoms with E-state index in [0.29, 0.717) is 17.9 Å². The average molecular weight is 415 g/mol. The van der Waals surface area contributed by atoms with Crippen LogP contribution in [0.1, 0.15) is 47.0 Å². The first-order valence-electron chi connectivity index (χ1n) is 10.8. The van der Waals surface area contributed by atoms with Gasteiger partial charge in [0.25, 0.3) is 5.56 Å². The number of hydrogen-bond acceptors (Lipinski definition) is 5. The van der Waals surface area contributed by atoms with Gasteiger partial charge in [-0.2, -0.15) is 0 Å². The summed E-state index contributed by atoms with van der Waals surface area (Å²) in [5, 5.41) is 13.7. The molecule has 0 radical (unpaired) electrons. The molecule has 7 nitrogen and oxygen atoms in total. The summed E-state index contributed by atoms with van der Waals surface area (Å²) in [6.45, 7) is 6.54. The van der Waals surface area contributed by atoms with Crippen LogP contribution < -0.4 is 5.56 Å². The summed E-state index contributed by atoms with van der Waals surface area (Å²) in [5.74, 6) is 0.709. The lowest BCUT2D eigenvalue weighted by molar-refractivity contribution is 0.263. The molecule has 3 heterocycles. The zero-order valence-corrected chi connectivity index (χ0v) is 17.9. The Labute approximate surface area is 180 Å². The van der Waals surface area contributed by atoms with Crippen LogP contribution in [0.15, 0.2) is 53.3 Å². The summed E-state index contributed by atoms with van der Waals surface area (Å²) in [4.78, 5) is 18.7. The molecule has 2 aromatic carbocycles. The van der Waals surface area contributed by atoms with Crippen LogP contribution >= 0.6 is 0 Å². The van der Waals surface area contributed by atoms with Crippen LogP contribution in [0.25, 0.3) is 10.9 Å². The molecule has 1 N–H and O–H groups in total. The zero-order valence-electron chi connectivity index (χ0n) is 17.9. The summed E-state index contributed by atoms with van der Waals surface area (Å²) in [6.07, 6.45) is 2.22. The number of aromatic amines is 1. The lowest BCUT2D eigenvalue weighted by Gasteiger charge is -2.26. The topological polar surface area (TPSA) is 79.7 Å². The number of likely N-dealkylation sites (tertiary alicyclic amines) is 1. The number of tetrazole rings is 1. The Morgan fingerprint density at radius 1 is 1.06 bits per heavy atom. The maximum atomic E-state index is 13.3. The van der Waals surface area contributed by atoms with Crippen LogP contribution in [0, 0.1) is 13.8 Å². The fourth-order valence-electron chi connectivity index (χ4n) is 4.67. The number of H-pyrrole nitrogens is 1. The Bertz CT molecular complexity index is 1270. The van der Waals surface area contributed by atoms with Crippen molar-refractivity contribution in [2.75, 3.05) is 13.1 Å².